The van der Waals surface area contributed by atoms with Crippen LogP contribution in [-0.4, -0.2) is 29.5 Å². The number of carbonyl (C=O) groups excluding carboxylic acids is 1. The van der Waals surface area contributed by atoms with E-state index in [0.717, 1.165) is 54.6 Å². The molecule has 1 fully saturated rings. The predicted octanol–water partition coefficient (Wildman–Crippen LogP) is 6.23. The van der Waals surface area contributed by atoms with Gasteiger partial charge in [-0.3, -0.25) is 9.78 Å². The van der Waals surface area contributed by atoms with E-state index in [4.69, 9.17) is 4.98 Å². The highest BCUT2D eigenvalue weighted by Crippen LogP contribution is 2.42. The second-order valence-electron chi connectivity index (χ2n) is 9.71. The Balaban J connectivity index is 1.53. The zero-order chi connectivity index (χ0) is 21.6. The Labute approximate surface area is 184 Å². The van der Waals surface area contributed by atoms with Crippen molar-refractivity contribution in [2.75, 3.05) is 18.0 Å². The van der Waals surface area contributed by atoms with Crippen LogP contribution in [0.3, 0.4) is 0 Å². The van der Waals surface area contributed by atoms with E-state index in [1.54, 1.807) is 6.08 Å². The minimum absolute atomic E-state index is 0.124. The Bertz CT molecular complexity index is 1040. The molecule has 0 saturated heterocycles. The van der Waals surface area contributed by atoms with Crippen LogP contribution < -0.4 is 4.90 Å². The largest absolute Gasteiger partial charge is 0.363 e. The molecule has 1 unspecified atom stereocenters. The van der Waals surface area contributed by atoms with Crippen molar-refractivity contribution in [3.05, 3.63) is 59.0 Å². The maximum atomic E-state index is 15.6. The number of nitrogens with zero attached hydrogens (tertiary/aromatic N) is 2. The number of halogens is 1. The van der Waals surface area contributed by atoms with Crippen molar-refractivity contribution in [1.29, 1.82) is 0 Å². The summed E-state index contributed by atoms with van der Waals surface area (Å²) in [7, 11) is 0. The van der Waals surface area contributed by atoms with Crippen LogP contribution in [0.15, 0.2) is 47.7 Å². The van der Waals surface area contributed by atoms with Crippen LogP contribution in [0.1, 0.15) is 70.1 Å². The number of rotatable bonds is 4. The summed E-state index contributed by atoms with van der Waals surface area (Å²) >= 11 is 0. The quantitative estimate of drug-likeness (QED) is 0.581. The van der Waals surface area contributed by atoms with E-state index < -0.39 is 5.67 Å². The minimum Gasteiger partial charge on any atom is -0.363 e. The van der Waals surface area contributed by atoms with Gasteiger partial charge in [0, 0.05) is 24.2 Å². The number of fused-ring (bicyclic) bond motifs is 1. The maximum Gasteiger partial charge on any atom is 0.162 e. The van der Waals surface area contributed by atoms with Gasteiger partial charge in [-0.05, 0) is 61.5 Å². The molecule has 0 bridgehead atoms. The van der Waals surface area contributed by atoms with E-state index in [2.05, 4.69) is 24.0 Å². The molecule has 1 aromatic heterocycles. The lowest BCUT2D eigenvalue weighted by atomic mass is 9.83. The van der Waals surface area contributed by atoms with E-state index >= 15 is 4.39 Å². The molecule has 31 heavy (non-hydrogen) atoms. The second kappa shape index (κ2) is 7.89. The Morgan fingerprint density at radius 3 is 2.68 bits per heavy atom. The number of hydrogen-bond donors (Lipinski definition) is 0. The normalized spacial score (nSPS) is 25.1. The molecular formula is C27H31FN2O. The van der Waals surface area contributed by atoms with Gasteiger partial charge in [-0.2, -0.15) is 0 Å². The van der Waals surface area contributed by atoms with E-state index in [1.165, 1.54) is 16.7 Å². The van der Waals surface area contributed by atoms with Crippen LogP contribution in [0, 0.1) is 5.92 Å². The summed E-state index contributed by atoms with van der Waals surface area (Å²) in [5.41, 5.74) is 6.90. The first-order valence-corrected chi connectivity index (χ1v) is 11.7. The number of pyridine rings is 1. The molecule has 3 aliphatic carbocycles. The molecule has 0 amide bonds. The van der Waals surface area contributed by atoms with E-state index in [0.29, 0.717) is 25.9 Å². The molecule has 0 radical (unpaired) electrons. The number of ketones is 1. The van der Waals surface area contributed by atoms with Crippen LogP contribution >= 0.6 is 0 Å². The standard InChI is InChI=1S/C27H31FN2O/c1-18-6-8-22(18)21-15-24-26(29-16-21)23(20-7-9-25(31)19(2)14-20)10-13-30(24)17-27(28)11-4-3-5-12-27/h7,9-10,14-16,19H,3-6,8,11-13,17H2,1-2H3. The average molecular weight is 419 g/mol. The van der Waals surface area contributed by atoms with Crippen LogP contribution in [0.25, 0.3) is 11.1 Å². The number of anilines is 1. The van der Waals surface area contributed by atoms with Crippen LogP contribution in [0.5, 0.6) is 0 Å². The lowest BCUT2D eigenvalue weighted by molar-refractivity contribution is -0.116. The molecule has 2 heterocycles. The number of allylic oxidation sites excluding steroid dienone is 7. The summed E-state index contributed by atoms with van der Waals surface area (Å²) in [5.74, 6) is 0.00941. The third-order valence-corrected chi connectivity index (χ3v) is 7.43. The third-order valence-electron chi connectivity index (χ3n) is 7.43. The Morgan fingerprint density at radius 1 is 1.19 bits per heavy atom. The van der Waals surface area contributed by atoms with Crippen LogP contribution in [0.4, 0.5) is 10.1 Å². The Morgan fingerprint density at radius 2 is 2.00 bits per heavy atom. The SMILES string of the molecule is CC1=C(c2cnc3c(c2)N(CC2(F)CCCCC2)CC=C3C2=CC(C)C(=O)C=C2)CC1. The Hall–Kier alpha value is -2.49. The molecule has 4 aliphatic rings. The van der Waals surface area contributed by atoms with Gasteiger partial charge in [-0.15, -0.1) is 0 Å². The molecule has 3 nitrogen and oxygen atoms in total. The highest BCUT2D eigenvalue weighted by atomic mass is 19.1. The second-order valence-corrected chi connectivity index (χ2v) is 9.71. The first kappa shape index (κ1) is 20.4. The fourth-order valence-electron chi connectivity index (χ4n) is 5.35. The van der Waals surface area contributed by atoms with Gasteiger partial charge >= 0.3 is 0 Å². The summed E-state index contributed by atoms with van der Waals surface area (Å²) in [4.78, 5) is 19.0. The van der Waals surface area contributed by atoms with Gasteiger partial charge in [0.05, 0.1) is 17.9 Å². The number of hydrogen-bond acceptors (Lipinski definition) is 3. The molecular weight excluding hydrogens is 387 g/mol. The van der Waals surface area contributed by atoms with Gasteiger partial charge in [0.1, 0.15) is 5.67 Å². The van der Waals surface area contributed by atoms with Gasteiger partial charge in [-0.25, -0.2) is 4.39 Å². The summed E-state index contributed by atoms with van der Waals surface area (Å²) in [5, 5.41) is 0. The van der Waals surface area contributed by atoms with E-state index in [-0.39, 0.29) is 11.7 Å². The van der Waals surface area contributed by atoms with Crippen LogP contribution in [-0.2, 0) is 4.79 Å². The first-order valence-electron chi connectivity index (χ1n) is 11.7. The number of carbonyl (C=O) groups is 1. The smallest absolute Gasteiger partial charge is 0.162 e. The summed E-state index contributed by atoms with van der Waals surface area (Å²) in [6.45, 7) is 5.22. The maximum absolute atomic E-state index is 15.6. The molecule has 5 rings (SSSR count). The fraction of sp³-hybridized carbons (Fsp3) is 0.481. The van der Waals surface area contributed by atoms with Gasteiger partial charge in [-0.1, -0.05) is 50.0 Å². The molecule has 4 heteroatoms. The highest BCUT2D eigenvalue weighted by Gasteiger charge is 2.36. The molecule has 0 N–H and O–H groups in total. The Kier molecular flexibility index (Phi) is 5.19. The molecule has 1 aliphatic heterocycles. The highest BCUT2D eigenvalue weighted by molar-refractivity contribution is 5.99. The lowest BCUT2D eigenvalue weighted by Crippen LogP contribution is -2.43. The van der Waals surface area contributed by atoms with Crippen molar-refractivity contribution in [3.63, 3.8) is 0 Å². The van der Waals surface area contributed by atoms with Gasteiger partial charge < -0.3 is 4.90 Å². The van der Waals surface area contributed by atoms with Gasteiger partial charge in [0.15, 0.2) is 5.78 Å². The molecule has 0 aromatic carbocycles. The van der Waals surface area contributed by atoms with Gasteiger partial charge in [0.2, 0.25) is 0 Å². The zero-order valence-corrected chi connectivity index (χ0v) is 18.6. The summed E-state index contributed by atoms with van der Waals surface area (Å²) in [6.07, 6.45) is 16.4. The topological polar surface area (TPSA) is 33.2 Å². The van der Waals surface area contributed by atoms with Crippen LogP contribution in [0.2, 0.25) is 0 Å². The third kappa shape index (κ3) is 3.81. The first-order chi connectivity index (χ1) is 14.9. The van der Waals surface area contributed by atoms with Crippen molar-refractivity contribution in [2.24, 2.45) is 5.92 Å². The molecule has 1 atom stereocenters. The van der Waals surface area contributed by atoms with Crippen molar-refractivity contribution in [2.45, 2.75) is 64.5 Å². The summed E-state index contributed by atoms with van der Waals surface area (Å²) < 4.78 is 15.6. The van der Waals surface area contributed by atoms with Gasteiger partial charge in [0.25, 0.3) is 0 Å². The molecule has 1 saturated carbocycles. The van der Waals surface area contributed by atoms with E-state index in [1.807, 2.05) is 25.3 Å². The monoisotopic (exact) mass is 418 g/mol. The van der Waals surface area contributed by atoms with Crippen molar-refractivity contribution < 1.29 is 9.18 Å². The molecule has 162 valence electrons. The zero-order valence-electron chi connectivity index (χ0n) is 18.6. The summed E-state index contributed by atoms with van der Waals surface area (Å²) in [6, 6.07) is 2.22. The molecule has 1 aromatic rings. The lowest BCUT2D eigenvalue weighted by Gasteiger charge is -2.38. The van der Waals surface area contributed by atoms with Crippen molar-refractivity contribution in [3.8, 4) is 0 Å². The van der Waals surface area contributed by atoms with Crippen molar-refractivity contribution in [1.82, 2.24) is 4.98 Å². The number of alkyl halides is 1. The predicted molar refractivity (Wildman–Crippen MR) is 125 cm³/mol. The molecule has 0 spiro atoms. The van der Waals surface area contributed by atoms with Crippen molar-refractivity contribution >= 4 is 22.6 Å². The minimum atomic E-state index is -1.12. The van der Waals surface area contributed by atoms with E-state index in [9.17, 15) is 4.79 Å². The average Bonchev–Trinajstić information content (AvgIpc) is 2.75. The fourth-order valence-corrected chi connectivity index (χ4v) is 5.35. The number of aromatic nitrogens is 1.